The molecule has 0 aliphatic carbocycles. The fourth-order valence-corrected chi connectivity index (χ4v) is 4.72. The number of amides is 4. The lowest BCUT2D eigenvalue weighted by Gasteiger charge is -2.26. The van der Waals surface area contributed by atoms with E-state index >= 15 is 0 Å². The molecule has 0 atom stereocenters. The lowest BCUT2D eigenvalue weighted by molar-refractivity contribution is -0.384. The number of rotatable bonds is 8. The van der Waals surface area contributed by atoms with Gasteiger partial charge in [0.2, 0.25) is 0 Å². The molecule has 39 heavy (non-hydrogen) atoms. The minimum Gasteiger partial charge on any atom is -0.490 e. The van der Waals surface area contributed by atoms with E-state index in [0.717, 1.165) is 10.5 Å². The second kappa shape index (κ2) is 11.8. The Bertz CT molecular complexity index is 1540. The van der Waals surface area contributed by atoms with Gasteiger partial charge in [-0.05, 0) is 83.5 Å². The zero-order valence-corrected chi connectivity index (χ0v) is 23.6. The molecule has 1 heterocycles. The van der Waals surface area contributed by atoms with Crippen LogP contribution >= 0.6 is 34.2 Å². The predicted molar refractivity (Wildman–Crippen MR) is 153 cm³/mol. The Kier molecular flexibility index (Phi) is 8.51. The fourth-order valence-electron chi connectivity index (χ4n) is 3.77. The van der Waals surface area contributed by atoms with Crippen molar-refractivity contribution >= 4 is 69.5 Å². The van der Waals surface area contributed by atoms with E-state index in [0.29, 0.717) is 37.8 Å². The van der Waals surface area contributed by atoms with Crippen molar-refractivity contribution in [3.8, 4) is 11.5 Å². The monoisotopic (exact) mass is 661 g/mol. The molecular weight excluding hydrogens is 641 g/mol. The fraction of sp³-hybridized carbons (Fsp3) is 0.148. The third-order valence-electron chi connectivity index (χ3n) is 5.66. The maximum atomic E-state index is 13.3. The van der Waals surface area contributed by atoms with E-state index in [9.17, 15) is 24.5 Å². The molecule has 0 spiro atoms. The average molecular weight is 662 g/mol. The average Bonchev–Trinajstić information content (AvgIpc) is 2.88. The lowest BCUT2D eigenvalue weighted by atomic mass is 10.1. The van der Waals surface area contributed by atoms with E-state index in [1.165, 1.54) is 24.3 Å². The Morgan fingerprint density at radius 2 is 1.87 bits per heavy atom. The van der Waals surface area contributed by atoms with Crippen LogP contribution in [0.4, 0.5) is 16.2 Å². The van der Waals surface area contributed by atoms with Gasteiger partial charge in [-0.3, -0.25) is 25.0 Å². The van der Waals surface area contributed by atoms with Gasteiger partial charge in [0.25, 0.3) is 17.5 Å². The third kappa shape index (κ3) is 6.20. The number of hydrogen-bond acceptors (Lipinski definition) is 7. The molecule has 0 bridgehead atoms. The number of nitrogens with zero attached hydrogens (tertiary/aromatic N) is 2. The van der Waals surface area contributed by atoms with Gasteiger partial charge in [0.1, 0.15) is 12.2 Å². The van der Waals surface area contributed by atoms with Crippen molar-refractivity contribution in [2.45, 2.75) is 20.5 Å². The lowest BCUT2D eigenvalue weighted by Crippen LogP contribution is -2.54. The van der Waals surface area contributed by atoms with Crippen molar-refractivity contribution in [1.82, 2.24) is 5.32 Å². The number of hydrogen-bond donors (Lipinski definition) is 1. The van der Waals surface area contributed by atoms with Crippen molar-refractivity contribution in [1.29, 1.82) is 0 Å². The summed E-state index contributed by atoms with van der Waals surface area (Å²) in [6.07, 6.45) is 1.36. The highest BCUT2D eigenvalue weighted by atomic mass is 127. The Morgan fingerprint density at radius 3 is 2.56 bits per heavy atom. The van der Waals surface area contributed by atoms with E-state index in [1.807, 2.05) is 22.6 Å². The molecule has 12 heteroatoms. The van der Waals surface area contributed by atoms with Crippen LogP contribution in [0.25, 0.3) is 6.08 Å². The van der Waals surface area contributed by atoms with Crippen LogP contribution in [0.5, 0.6) is 11.5 Å². The number of nitrogens with one attached hydrogen (secondary N) is 1. The Morgan fingerprint density at radius 1 is 1.10 bits per heavy atom. The molecule has 200 valence electrons. The number of anilines is 1. The number of carbonyl (C=O) groups is 3. The van der Waals surface area contributed by atoms with E-state index < -0.39 is 22.8 Å². The molecule has 0 radical (unpaired) electrons. The minimum atomic E-state index is -0.878. The number of benzene rings is 3. The number of carbonyl (C=O) groups excluding carboxylic acids is 3. The first-order valence-corrected chi connectivity index (χ1v) is 13.0. The summed E-state index contributed by atoms with van der Waals surface area (Å²) in [4.78, 5) is 49.9. The van der Waals surface area contributed by atoms with Gasteiger partial charge < -0.3 is 9.47 Å². The van der Waals surface area contributed by atoms with Crippen molar-refractivity contribution in [2.24, 2.45) is 0 Å². The van der Waals surface area contributed by atoms with Crippen LogP contribution < -0.4 is 19.7 Å². The standard InChI is InChI=1S/C27H21ClIN3O7/c1-3-38-23-12-17(11-22(29)24(23)39-14-16-5-4-6-19(9-16)32(36)37)10-20-25(33)30-27(35)31(26(20)34)18-8-7-15(2)21(28)13-18/h4-13H,3,14H2,1-2H3,(H,30,33,35)/b20-10-. The van der Waals surface area contributed by atoms with Gasteiger partial charge in [-0.15, -0.1) is 0 Å². The summed E-state index contributed by atoms with van der Waals surface area (Å²) in [5.74, 6) is -0.888. The van der Waals surface area contributed by atoms with Crippen molar-refractivity contribution in [3.05, 3.63) is 95.6 Å². The Labute approximate surface area is 241 Å². The molecule has 4 amide bonds. The van der Waals surface area contributed by atoms with Gasteiger partial charge in [0.05, 0.1) is 20.8 Å². The summed E-state index contributed by atoms with van der Waals surface area (Å²) < 4.78 is 12.3. The highest BCUT2D eigenvalue weighted by Gasteiger charge is 2.37. The van der Waals surface area contributed by atoms with Gasteiger partial charge >= 0.3 is 6.03 Å². The zero-order valence-electron chi connectivity index (χ0n) is 20.7. The molecule has 0 unspecified atom stereocenters. The zero-order chi connectivity index (χ0) is 28.3. The van der Waals surface area contributed by atoms with Gasteiger partial charge in [0, 0.05) is 17.2 Å². The van der Waals surface area contributed by atoms with Crippen molar-refractivity contribution < 1.29 is 28.8 Å². The molecule has 1 aliphatic heterocycles. The van der Waals surface area contributed by atoms with Crippen LogP contribution in [0, 0.1) is 20.6 Å². The number of aryl methyl sites for hydroxylation is 1. The van der Waals surface area contributed by atoms with Crippen LogP contribution in [0.15, 0.2) is 60.2 Å². The summed E-state index contributed by atoms with van der Waals surface area (Å²) >= 11 is 8.21. The normalized spacial score (nSPS) is 14.4. The Hall–Kier alpha value is -3.97. The van der Waals surface area contributed by atoms with Gasteiger partial charge in [-0.1, -0.05) is 29.8 Å². The molecule has 3 aromatic rings. The summed E-state index contributed by atoms with van der Waals surface area (Å²) in [6.45, 7) is 3.93. The maximum Gasteiger partial charge on any atom is 0.335 e. The number of nitro benzene ring substituents is 1. The molecule has 1 saturated heterocycles. The van der Waals surface area contributed by atoms with E-state index in [-0.39, 0.29) is 23.6 Å². The van der Waals surface area contributed by atoms with Crippen LogP contribution in [0.1, 0.15) is 23.6 Å². The molecular formula is C27H21ClIN3O7. The molecule has 0 saturated carbocycles. The van der Waals surface area contributed by atoms with Gasteiger partial charge in [0.15, 0.2) is 11.5 Å². The van der Waals surface area contributed by atoms with Crippen LogP contribution in [0.2, 0.25) is 5.02 Å². The van der Waals surface area contributed by atoms with Crippen LogP contribution in [-0.2, 0) is 16.2 Å². The summed E-state index contributed by atoms with van der Waals surface area (Å²) in [6, 6.07) is 13.2. The molecule has 1 N–H and O–H groups in total. The third-order valence-corrected chi connectivity index (χ3v) is 6.87. The van der Waals surface area contributed by atoms with E-state index in [1.54, 1.807) is 50.2 Å². The second-order valence-electron chi connectivity index (χ2n) is 8.37. The first kappa shape index (κ1) is 28.0. The van der Waals surface area contributed by atoms with E-state index in [2.05, 4.69) is 5.32 Å². The second-order valence-corrected chi connectivity index (χ2v) is 9.94. The van der Waals surface area contributed by atoms with Crippen molar-refractivity contribution in [2.75, 3.05) is 11.5 Å². The highest BCUT2D eigenvalue weighted by molar-refractivity contribution is 14.1. The first-order valence-electron chi connectivity index (χ1n) is 11.6. The first-order chi connectivity index (χ1) is 18.6. The van der Waals surface area contributed by atoms with Gasteiger partial charge in [-0.25, -0.2) is 9.69 Å². The summed E-state index contributed by atoms with van der Waals surface area (Å²) in [5.41, 5.74) is 1.74. The predicted octanol–water partition coefficient (Wildman–Crippen LogP) is 5.81. The summed E-state index contributed by atoms with van der Waals surface area (Å²) in [5, 5.41) is 13.6. The maximum absolute atomic E-state index is 13.3. The number of ether oxygens (including phenoxy) is 2. The molecule has 10 nitrogen and oxygen atoms in total. The number of non-ortho nitro benzene ring substituents is 1. The molecule has 3 aromatic carbocycles. The van der Waals surface area contributed by atoms with Crippen LogP contribution in [-0.4, -0.2) is 29.4 Å². The number of imide groups is 2. The van der Waals surface area contributed by atoms with Gasteiger partial charge in [-0.2, -0.15) is 0 Å². The molecule has 4 rings (SSSR count). The quantitative estimate of drug-likeness (QED) is 0.106. The Balaban J connectivity index is 1.65. The number of halogens is 2. The topological polar surface area (TPSA) is 128 Å². The smallest absolute Gasteiger partial charge is 0.335 e. The number of barbiturate groups is 1. The molecule has 0 aromatic heterocycles. The van der Waals surface area contributed by atoms with Crippen LogP contribution in [0.3, 0.4) is 0 Å². The van der Waals surface area contributed by atoms with Crippen molar-refractivity contribution in [3.63, 3.8) is 0 Å². The number of urea groups is 1. The van der Waals surface area contributed by atoms with E-state index in [4.69, 9.17) is 21.1 Å². The minimum absolute atomic E-state index is 0.0475. The molecule has 1 aliphatic rings. The highest BCUT2D eigenvalue weighted by Crippen LogP contribution is 2.36. The molecule has 1 fully saturated rings. The largest absolute Gasteiger partial charge is 0.490 e. The SMILES string of the molecule is CCOc1cc(/C=C2/C(=O)NC(=O)N(c3ccc(C)c(Cl)c3)C2=O)cc(I)c1OCc1cccc([N+](=O)[O-])c1. The summed E-state index contributed by atoms with van der Waals surface area (Å²) in [7, 11) is 0. The number of nitro groups is 1.